The van der Waals surface area contributed by atoms with E-state index in [-0.39, 0.29) is 0 Å². The molecule has 1 atom stereocenters. The molecule has 0 spiro atoms. The maximum atomic E-state index is 4.15. The minimum Gasteiger partial charge on any atom is -0.272 e. The molecule has 0 fully saturated rings. The van der Waals surface area contributed by atoms with Crippen molar-refractivity contribution in [1.82, 2.24) is 9.78 Å². The molecule has 0 N–H and O–H groups in total. The molecule has 2 nitrogen and oxygen atoms in total. The SMILES string of the molecule is CCC(CBr)Cn1cccn1. The molecule has 0 radical (unpaired) electrons. The fraction of sp³-hybridized carbons (Fsp3) is 0.625. The van der Waals surface area contributed by atoms with Gasteiger partial charge in [-0.15, -0.1) is 0 Å². The second-order valence-corrected chi connectivity index (χ2v) is 3.30. The fourth-order valence-corrected chi connectivity index (χ4v) is 1.62. The van der Waals surface area contributed by atoms with Crippen LogP contribution in [-0.2, 0) is 6.54 Å². The highest BCUT2D eigenvalue weighted by Crippen LogP contribution is 2.08. The van der Waals surface area contributed by atoms with Crippen molar-refractivity contribution in [2.45, 2.75) is 19.9 Å². The molecule has 62 valence electrons. The normalized spacial score (nSPS) is 13.3. The van der Waals surface area contributed by atoms with Gasteiger partial charge in [-0.3, -0.25) is 4.68 Å². The average molecular weight is 217 g/mol. The van der Waals surface area contributed by atoms with E-state index in [2.05, 4.69) is 28.0 Å². The summed E-state index contributed by atoms with van der Waals surface area (Å²) in [6.07, 6.45) is 5.03. The molecule has 11 heavy (non-hydrogen) atoms. The van der Waals surface area contributed by atoms with Crippen molar-refractivity contribution in [2.75, 3.05) is 5.33 Å². The molecule has 0 aliphatic carbocycles. The Balaban J connectivity index is 2.41. The standard InChI is InChI=1S/C8H13BrN2/c1-2-8(6-9)7-11-5-3-4-10-11/h3-5,8H,2,6-7H2,1H3. The van der Waals surface area contributed by atoms with Gasteiger partial charge in [0.15, 0.2) is 0 Å². The zero-order valence-corrected chi connectivity index (χ0v) is 8.29. The van der Waals surface area contributed by atoms with Crippen LogP contribution >= 0.6 is 15.9 Å². The molecule has 1 heterocycles. The minimum absolute atomic E-state index is 0.704. The number of hydrogen-bond donors (Lipinski definition) is 0. The zero-order valence-electron chi connectivity index (χ0n) is 6.70. The van der Waals surface area contributed by atoms with Gasteiger partial charge in [-0.1, -0.05) is 29.3 Å². The summed E-state index contributed by atoms with van der Waals surface area (Å²) in [4.78, 5) is 0. The molecule has 0 aromatic carbocycles. The van der Waals surface area contributed by atoms with Crippen molar-refractivity contribution in [1.29, 1.82) is 0 Å². The first kappa shape index (κ1) is 8.78. The predicted octanol–water partition coefficient (Wildman–Crippen LogP) is 2.30. The van der Waals surface area contributed by atoms with E-state index < -0.39 is 0 Å². The topological polar surface area (TPSA) is 17.8 Å². The second kappa shape index (κ2) is 4.54. The Labute approximate surface area is 75.7 Å². The van der Waals surface area contributed by atoms with Crippen LogP contribution in [-0.4, -0.2) is 15.1 Å². The molecule has 0 bridgehead atoms. The molecular formula is C8H13BrN2. The van der Waals surface area contributed by atoms with Crippen LogP contribution in [0.5, 0.6) is 0 Å². The Morgan fingerprint density at radius 2 is 2.45 bits per heavy atom. The third kappa shape index (κ3) is 2.66. The highest BCUT2D eigenvalue weighted by molar-refractivity contribution is 9.09. The van der Waals surface area contributed by atoms with Crippen molar-refractivity contribution >= 4 is 15.9 Å². The molecule has 1 aromatic rings. The molecule has 0 aliphatic rings. The lowest BCUT2D eigenvalue weighted by molar-refractivity contribution is 0.447. The van der Waals surface area contributed by atoms with Gasteiger partial charge in [-0.25, -0.2) is 0 Å². The molecule has 0 aliphatic heterocycles. The highest BCUT2D eigenvalue weighted by Gasteiger charge is 2.04. The van der Waals surface area contributed by atoms with Gasteiger partial charge in [0, 0.05) is 24.3 Å². The van der Waals surface area contributed by atoms with Crippen molar-refractivity contribution in [3.8, 4) is 0 Å². The van der Waals surface area contributed by atoms with Crippen LogP contribution < -0.4 is 0 Å². The first-order valence-electron chi connectivity index (χ1n) is 3.90. The summed E-state index contributed by atoms with van der Waals surface area (Å²) in [5, 5.41) is 5.21. The summed E-state index contributed by atoms with van der Waals surface area (Å²) in [7, 11) is 0. The van der Waals surface area contributed by atoms with Crippen molar-refractivity contribution < 1.29 is 0 Å². The zero-order chi connectivity index (χ0) is 8.10. The number of hydrogen-bond acceptors (Lipinski definition) is 1. The van der Waals surface area contributed by atoms with Crippen LogP contribution in [0.1, 0.15) is 13.3 Å². The fourth-order valence-electron chi connectivity index (χ4n) is 0.960. The molecular weight excluding hydrogens is 204 g/mol. The van der Waals surface area contributed by atoms with Crippen molar-refractivity contribution in [3.63, 3.8) is 0 Å². The monoisotopic (exact) mass is 216 g/mol. The summed E-state index contributed by atoms with van der Waals surface area (Å²) < 4.78 is 1.98. The number of rotatable bonds is 4. The molecule has 1 unspecified atom stereocenters. The number of nitrogens with zero attached hydrogens (tertiary/aromatic N) is 2. The lowest BCUT2D eigenvalue weighted by Crippen LogP contribution is -2.11. The van der Waals surface area contributed by atoms with E-state index in [1.54, 1.807) is 0 Å². The lowest BCUT2D eigenvalue weighted by atomic mass is 10.1. The molecule has 0 saturated carbocycles. The van der Waals surface area contributed by atoms with E-state index in [9.17, 15) is 0 Å². The smallest absolute Gasteiger partial charge is 0.0489 e. The Morgan fingerprint density at radius 3 is 2.91 bits per heavy atom. The maximum absolute atomic E-state index is 4.15. The van der Waals surface area contributed by atoms with Crippen LogP contribution in [0.2, 0.25) is 0 Å². The van der Waals surface area contributed by atoms with Crippen LogP contribution in [0.25, 0.3) is 0 Å². The van der Waals surface area contributed by atoms with Crippen LogP contribution in [0, 0.1) is 5.92 Å². The van der Waals surface area contributed by atoms with Gasteiger partial charge < -0.3 is 0 Å². The van der Waals surface area contributed by atoms with E-state index >= 15 is 0 Å². The summed E-state index contributed by atoms with van der Waals surface area (Å²) in [5.74, 6) is 0.704. The second-order valence-electron chi connectivity index (χ2n) is 2.66. The molecule has 1 rings (SSSR count). The minimum atomic E-state index is 0.704. The quantitative estimate of drug-likeness (QED) is 0.707. The van der Waals surface area contributed by atoms with Crippen LogP contribution in [0.3, 0.4) is 0 Å². The van der Waals surface area contributed by atoms with E-state index in [1.807, 2.05) is 23.1 Å². The third-order valence-corrected chi connectivity index (χ3v) is 2.72. The van der Waals surface area contributed by atoms with Gasteiger partial charge in [0.1, 0.15) is 0 Å². The molecule has 0 saturated heterocycles. The van der Waals surface area contributed by atoms with Crippen LogP contribution in [0.4, 0.5) is 0 Å². The number of halogens is 1. The van der Waals surface area contributed by atoms with Gasteiger partial charge in [-0.2, -0.15) is 5.10 Å². The summed E-state index contributed by atoms with van der Waals surface area (Å²) in [5.41, 5.74) is 0. The van der Waals surface area contributed by atoms with Crippen molar-refractivity contribution in [2.24, 2.45) is 5.92 Å². The molecule has 1 aromatic heterocycles. The maximum Gasteiger partial charge on any atom is 0.0489 e. The van der Waals surface area contributed by atoms with Crippen molar-refractivity contribution in [3.05, 3.63) is 18.5 Å². The Hall–Kier alpha value is -0.310. The average Bonchev–Trinajstić information content (AvgIpc) is 2.52. The Kier molecular flexibility index (Phi) is 3.63. The first-order chi connectivity index (χ1) is 5.36. The Morgan fingerprint density at radius 1 is 1.64 bits per heavy atom. The van der Waals surface area contributed by atoms with Gasteiger partial charge in [-0.05, 0) is 12.0 Å². The van der Waals surface area contributed by atoms with Gasteiger partial charge in [0.2, 0.25) is 0 Å². The molecule has 0 amide bonds. The largest absolute Gasteiger partial charge is 0.272 e. The van der Waals surface area contributed by atoms with E-state index in [0.717, 1.165) is 11.9 Å². The number of aromatic nitrogens is 2. The number of alkyl halides is 1. The highest BCUT2D eigenvalue weighted by atomic mass is 79.9. The Bertz CT molecular complexity index is 180. The van der Waals surface area contributed by atoms with Gasteiger partial charge >= 0.3 is 0 Å². The third-order valence-electron chi connectivity index (χ3n) is 1.80. The van der Waals surface area contributed by atoms with Crippen LogP contribution in [0.15, 0.2) is 18.5 Å². The first-order valence-corrected chi connectivity index (χ1v) is 5.02. The lowest BCUT2D eigenvalue weighted by Gasteiger charge is -2.10. The van der Waals surface area contributed by atoms with E-state index in [1.165, 1.54) is 6.42 Å². The predicted molar refractivity (Wildman–Crippen MR) is 49.8 cm³/mol. The van der Waals surface area contributed by atoms with Gasteiger partial charge in [0.05, 0.1) is 0 Å². The summed E-state index contributed by atoms with van der Waals surface area (Å²) >= 11 is 3.48. The van der Waals surface area contributed by atoms with Gasteiger partial charge in [0.25, 0.3) is 0 Å². The van der Waals surface area contributed by atoms with E-state index in [0.29, 0.717) is 5.92 Å². The summed E-state index contributed by atoms with van der Waals surface area (Å²) in [6, 6.07) is 1.96. The summed E-state index contributed by atoms with van der Waals surface area (Å²) in [6.45, 7) is 3.23. The van der Waals surface area contributed by atoms with E-state index in [4.69, 9.17) is 0 Å². The molecule has 3 heteroatoms.